The highest BCUT2D eigenvalue weighted by atomic mass is 16.4. The molecule has 0 heterocycles. The maximum absolute atomic E-state index is 11.7. The van der Waals surface area contributed by atoms with E-state index in [9.17, 15) is 14.7 Å². The number of carbonyl (C=O) groups excluding carboxylic acids is 1. The van der Waals surface area contributed by atoms with E-state index in [1.54, 1.807) is 13.8 Å². The van der Waals surface area contributed by atoms with Crippen LogP contribution >= 0.6 is 0 Å². The third-order valence-electron chi connectivity index (χ3n) is 3.34. The van der Waals surface area contributed by atoms with Crippen molar-refractivity contribution in [3.8, 4) is 6.07 Å². The SMILES string of the molecule is CCC(CC)(CC(=O)NCCCCC#N)C(=O)O. The van der Waals surface area contributed by atoms with Crippen molar-refractivity contribution < 1.29 is 14.7 Å². The van der Waals surface area contributed by atoms with Gasteiger partial charge in [-0.25, -0.2) is 0 Å². The largest absolute Gasteiger partial charge is 0.481 e. The summed E-state index contributed by atoms with van der Waals surface area (Å²) < 4.78 is 0. The highest BCUT2D eigenvalue weighted by Crippen LogP contribution is 2.30. The van der Waals surface area contributed by atoms with Crippen molar-refractivity contribution in [3.63, 3.8) is 0 Å². The summed E-state index contributed by atoms with van der Waals surface area (Å²) >= 11 is 0. The molecule has 0 bridgehead atoms. The molecule has 18 heavy (non-hydrogen) atoms. The van der Waals surface area contributed by atoms with Crippen LogP contribution in [0.15, 0.2) is 0 Å². The van der Waals surface area contributed by atoms with Gasteiger partial charge >= 0.3 is 5.97 Å². The number of carboxylic acid groups (broad SMARTS) is 1. The van der Waals surface area contributed by atoms with Crippen LogP contribution in [0.5, 0.6) is 0 Å². The first-order valence-electron chi connectivity index (χ1n) is 6.39. The van der Waals surface area contributed by atoms with E-state index >= 15 is 0 Å². The smallest absolute Gasteiger partial charge is 0.310 e. The van der Waals surface area contributed by atoms with E-state index in [2.05, 4.69) is 5.32 Å². The van der Waals surface area contributed by atoms with Crippen LogP contribution < -0.4 is 5.32 Å². The second-order valence-electron chi connectivity index (χ2n) is 4.43. The van der Waals surface area contributed by atoms with Gasteiger partial charge in [0.05, 0.1) is 11.5 Å². The standard InChI is InChI=1S/C13H22N2O3/c1-3-13(4-2,12(17)18)10-11(16)15-9-7-5-6-8-14/h3-7,9-10H2,1-2H3,(H,15,16)(H,17,18). The molecule has 0 aromatic rings. The minimum atomic E-state index is -0.948. The lowest BCUT2D eigenvalue weighted by molar-refractivity contribution is -0.152. The summed E-state index contributed by atoms with van der Waals surface area (Å²) in [7, 11) is 0. The van der Waals surface area contributed by atoms with Crippen LogP contribution in [0, 0.1) is 16.7 Å². The van der Waals surface area contributed by atoms with Crippen LogP contribution in [0.1, 0.15) is 52.4 Å². The molecule has 0 saturated carbocycles. The molecule has 5 nitrogen and oxygen atoms in total. The molecule has 0 fully saturated rings. The van der Waals surface area contributed by atoms with Gasteiger partial charge in [-0.3, -0.25) is 9.59 Å². The minimum absolute atomic E-state index is 0.0214. The van der Waals surface area contributed by atoms with E-state index < -0.39 is 11.4 Å². The van der Waals surface area contributed by atoms with Gasteiger partial charge in [0.1, 0.15) is 0 Å². The number of hydrogen-bond donors (Lipinski definition) is 2. The first-order chi connectivity index (χ1) is 8.52. The predicted molar refractivity (Wildman–Crippen MR) is 67.7 cm³/mol. The summed E-state index contributed by atoms with van der Waals surface area (Å²) in [6.07, 6.45) is 2.90. The highest BCUT2D eigenvalue weighted by molar-refractivity contribution is 5.84. The molecule has 0 saturated heterocycles. The zero-order valence-electron chi connectivity index (χ0n) is 11.2. The molecule has 0 unspecified atom stereocenters. The van der Waals surface area contributed by atoms with Crippen LogP contribution in [-0.4, -0.2) is 23.5 Å². The van der Waals surface area contributed by atoms with Crippen LogP contribution in [0.2, 0.25) is 0 Å². The zero-order valence-corrected chi connectivity index (χ0v) is 11.2. The fourth-order valence-electron chi connectivity index (χ4n) is 1.80. The Morgan fingerprint density at radius 1 is 1.28 bits per heavy atom. The Morgan fingerprint density at radius 2 is 1.89 bits per heavy atom. The van der Waals surface area contributed by atoms with E-state index in [-0.39, 0.29) is 12.3 Å². The fraction of sp³-hybridized carbons (Fsp3) is 0.769. The third kappa shape index (κ3) is 5.17. The molecule has 0 rings (SSSR count). The molecule has 0 aliphatic carbocycles. The molecule has 5 heteroatoms. The van der Waals surface area contributed by atoms with Gasteiger partial charge in [-0.1, -0.05) is 13.8 Å². The van der Waals surface area contributed by atoms with Gasteiger partial charge < -0.3 is 10.4 Å². The summed E-state index contributed by atoms with van der Waals surface area (Å²) in [5, 5.41) is 20.3. The first-order valence-corrected chi connectivity index (χ1v) is 6.39. The van der Waals surface area contributed by atoms with Crippen molar-refractivity contribution in [1.82, 2.24) is 5.32 Å². The molecule has 0 aromatic carbocycles. The molecule has 1 amide bonds. The van der Waals surface area contributed by atoms with Crippen molar-refractivity contribution in [1.29, 1.82) is 5.26 Å². The van der Waals surface area contributed by atoms with E-state index in [0.717, 1.165) is 12.8 Å². The van der Waals surface area contributed by atoms with Gasteiger partial charge in [-0.2, -0.15) is 5.26 Å². The van der Waals surface area contributed by atoms with Crippen molar-refractivity contribution in [2.75, 3.05) is 6.54 Å². The van der Waals surface area contributed by atoms with Crippen LogP contribution in [0.4, 0.5) is 0 Å². The van der Waals surface area contributed by atoms with Gasteiger partial charge in [0.25, 0.3) is 0 Å². The Hall–Kier alpha value is -1.57. The molecule has 102 valence electrons. The number of nitrogens with zero attached hydrogens (tertiary/aromatic N) is 1. The van der Waals surface area contributed by atoms with Crippen molar-refractivity contribution in [3.05, 3.63) is 0 Å². The average molecular weight is 254 g/mol. The van der Waals surface area contributed by atoms with Gasteiger partial charge in [0, 0.05) is 19.4 Å². The molecule has 0 aromatic heterocycles. The van der Waals surface area contributed by atoms with Crippen LogP contribution in [0.3, 0.4) is 0 Å². The lowest BCUT2D eigenvalue weighted by Crippen LogP contribution is -2.37. The molecule has 2 N–H and O–H groups in total. The number of carboxylic acids is 1. The fourth-order valence-corrected chi connectivity index (χ4v) is 1.80. The predicted octanol–water partition coefficient (Wildman–Crippen LogP) is 2.08. The minimum Gasteiger partial charge on any atom is -0.481 e. The summed E-state index contributed by atoms with van der Waals surface area (Å²) in [6, 6.07) is 2.04. The number of aliphatic carboxylic acids is 1. The van der Waals surface area contributed by atoms with Gasteiger partial charge in [-0.15, -0.1) is 0 Å². The molecule has 0 aliphatic heterocycles. The van der Waals surface area contributed by atoms with Crippen molar-refractivity contribution in [2.45, 2.75) is 52.4 Å². The summed E-state index contributed by atoms with van der Waals surface area (Å²) in [5.41, 5.74) is -0.948. The average Bonchev–Trinajstić information content (AvgIpc) is 2.35. The lowest BCUT2D eigenvalue weighted by Gasteiger charge is -2.25. The first kappa shape index (κ1) is 16.4. The molecular weight excluding hydrogens is 232 g/mol. The third-order valence-corrected chi connectivity index (χ3v) is 3.34. The summed E-state index contributed by atoms with van der Waals surface area (Å²) in [6.45, 7) is 4.08. The molecule has 0 aliphatic rings. The maximum atomic E-state index is 11.7. The Kier molecular flexibility index (Phi) is 7.77. The number of unbranched alkanes of at least 4 members (excludes halogenated alkanes) is 2. The number of hydrogen-bond acceptors (Lipinski definition) is 3. The highest BCUT2D eigenvalue weighted by Gasteiger charge is 2.36. The van der Waals surface area contributed by atoms with Crippen molar-refractivity contribution in [2.24, 2.45) is 5.41 Å². The molecular formula is C13H22N2O3. The molecule has 0 spiro atoms. The normalized spacial score (nSPS) is 10.7. The van der Waals surface area contributed by atoms with Crippen LogP contribution in [0.25, 0.3) is 0 Å². The summed E-state index contributed by atoms with van der Waals surface area (Å²) in [5.74, 6) is -1.13. The van der Waals surface area contributed by atoms with Gasteiger partial charge in [-0.05, 0) is 25.7 Å². The van der Waals surface area contributed by atoms with E-state index in [1.807, 2.05) is 6.07 Å². The van der Waals surface area contributed by atoms with Crippen molar-refractivity contribution >= 4 is 11.9 Å². The van der Waals surface area contributed by atoms with Gasteiger partial charge in [0.15, 0.2) is 0 Å². The number of amides is 1. The number of nitriles is 1. The van der Waals surface area contributed by atoms with E-state index in [0.29, 0.717) is 25.8 Å². The monoisotopic (exact) mass is 254 g/mol. The Balaban J connectivity index is 4.12. The lowest BCUT2D eigenvalue weighted by atomic mass is 9.79. The zero-order chi connectivity index (χ0) is 14.0. The second kappa shape index (κ2) is 8.51. The molecule has 0 atom stereocenters. The Labute approximate surface area is 108 Å². The van der Waals surface area contributed by atoms with Crippen LogP contribution in [-0.2, 0) is 9.59 Å². The maximum Gasteiger partial charge on any atom is 0.310 e. The number of rotatable bonds is 9. The van der Waals surface area contributed by atoms with E-state index in [4.69, 9.17) is 5.26 Å². The topological polar surface area (TPSA) is 90.2 Å². The van der Waals surface area contributed by atoms with E-state index in [1.165, 1.54) is 0 Å². The number of nitrogens with one attached hydrogen (secondary N) is 1. The quantitative estimate of drug-likeness (QED) is 0.616. The number of carbonyl (C=O) groups is 2. The second-order valence-corrected chi connectivity index (χ2v) is 4.43. The van der Waals surface area contributed by atoms with Gasteiger partial charge in [0.2, 0.25) is 5.91 Å². The molecule has 0 radical (unpaired) electrons. The summed E-state index contributed by atoms with van der Waals surface area (Å²) in [4.78, 5) is 22.9. The Bertz CT molecular complexity index is 317. The Morgan fingerprint density at radius 3 is 2.33 bits per heavy atom.